The Morgan fingerprint density at radius 1 is 1.10 bits per heavy atom. The second kappa shape index (κ2) is 5.06. The highest BCUT2D eigenvalue weighted by atomic mass is 35.5. The maximum atomic E-state index is 6.54. The van der Waals surface area contributed by atoms with Crippen LogP contribution in [0.1, 0.15) is 30.4 Å². The Bertz CT molecular complexity index is 649. The van der Waals surface area contributed by atoms with Crippen molar-refractivity contribution in [3.63, 3.8) is 0 Å². The van der Waals surface area contributed by atoms with Crippen LogP contribution in [0.25, 0.3) is 0 Å². The minimum absolute atomic E-state index is 0.0117. The largest absolute Gasteiger partial charge is 0.486 e. The van der Waals surface area contributed by atoms with Crippen molar-refractivity contribution in [2.24, 2.45) is 5.92 Å². The predicted molar refractivity (Wildman–Crippen MR) is 86.0 cm³/mol. The summed E-state index contributed by atoms with van der Waals surface area (Å²) < 4.78 is 6.54. The molecule has 0 unspecified atom stereocenters. The first-order chi connectivity index (χ1) is 10.3. The molecule has 1 saturated carbocycles. The molecule has 0 aromatic heterocycles. The monoisotopic (exact) mass is 298 g/mol. The first kappa shape index (κ1) is 13.2. The average molecular weight is 299 g/mol. The standard InChI is InChI=1S/C19H19ClO/c20-17-9-7-14(8-10-17)13-19-11-3-5-16(19)12-15-4-1-2-6-18(15)21-19/h1-2,4,6-10,16H,3,5,11-13H2/t16-,19+/m1/s1. The molecule has 4 rings (SSSR count). The van der Waals surface area contributed by atoms with Crippen LogP contribution in [0.3, 0.4) is 0 Å². The molecule has 1 aliphatic heterocycles. The molecule has 108 valence electrons. The first-order valence-corrected chi connectivity index (χ1v) is 8.14. The van der Waals surface area contributed by atoms with Crippen LogP contribution in [0.5, 0.6) is 5.75 Å². The zero-order valence-corrected chi connectivity index (χ0v) is 12.8. The highest BCUT2D eigenvalue weighted by Crippen LogP contribution is 2.48. The third-order valence-corrected chi connectivity index (χ3v) is 5.32. The minimum Gasteiger partial charge on any atom is -0.486 e. The van der Waals surface area contributed by atoms with E-state index in [2.05, 4.69) is 36.4 Å². The summed E-state index contributed by atoms with van der Waals surface area (Å²) in [6, 6.07) is 16.7. The van der Waals surface area contributed by atoms with Gasteiger partial charge in [-0.05, 0) is 55.0 Å². The molecule has 2 heteroatoms. The van der Waals surface area contributed by atoms with Gasteiger partial charge in [0.2, 0.25) is 0 Å². The van der Waals surface area contributed by atoms with Gasteiger partial charge in [-0.15, -0.1) is 0 Å². The molecule has 2 aromatic carbocycles. The Labute approximate surface area is 130 Å². The summed E-state index contributed by atoms with van der Waals surface area (Å²) in [5.41, 5.74) is 2.68. The van der Waals surface area contributed by atoms with Gasteiger partial charge >= 0.3 is 0 Å². The van der Waals surface area contributed by atoms with Crippen molar-refractivity contribution < 1.29 is 4.74 Å². The summed E-state index contributed by atoms with van der Waals surface area (Å²) >= 11 is 6.00. The van der Waals surface area contributed by atoms with E-state index in [0.29, 0.717) is 5.92 Å². The molecule has 1 aliphatic carbocycles. The van der Waals surface area contributed by atoms with Gasteiger partial charge in [-0.1, -0.05) is 41.9 Å². The summed E-state index contributed by atoms with van der Waals surface area (Å²) in [5, 5.41) is 0.800. The summed E-state index contributed by atoms with van der Waals surface area (Å²) in [7, 11) is 0. The molecular formula is C19H19ClO. The number of ether oxygens (including phenoxy) is 1. The highest BCUT2D eigenvalue weighted by Gasteiger charge is 2.47. The van der Waals surface area contributed by atoms with Crippen LogP contribution in [0.15, 0.2) is 48.5 Å². The molecule has 0 bridgehead atoms. The van der Waals surface area contributed by atoms with E-state index in [-0.39, 0.29) is 5.60 Å². The Balaban J connectivity index is 1.67. The van der Waals surface area contributed by atoms with Crippen LogP contribution < -0.4 is 4.74 Å². The predicted octanol–water partition coefficient (Wildman–Crippen LogP) is 5.06. The topological polar surface area (TPSA) is 9.23 Å². The van der Waals surface area contributed by atoms with E-state index in [0.717, 1.165) is 30.0 Å². The number of hydrogen-bond donors (Lipinski definition) is 0. The van der Waals surface area contributed by atoms with Crippen LogP contribution in [0.2, 0.25) is 5.02 Å². The van der Waals surface area contributed by atoms with E-state index in [4.69, 9.17) is 16.3 Å². The lowest BCUT2D eigenvalue weighted by Crippen LogP contribution is -2.45. The summed E-state index contributed by atoms with van der Waals surface area (Å²) in [6.45, 7) is 0. The average Bonchev–Trinajstić information content (AvgIpc) is 2.89. The van der Waals surface area contributed by atoms with Crippen LogP contribution in [-0.4, -0.2) is 5.60 Å². The molecule has 1 nitrogen and oxygen atoms in total. The molecule has 0 saturated heterocycles. The van der Waals surface area contributed by atoms with Crippen LogP contribution in [0, 0.1) is 5.92 Å². The quantitative estimate of drug-likeness (QED) is 0.753. The van der Waals surface area contributed by atoms with E-state index in [9.17, 15) is 0 Å². The lowest BCUT2D eigenvalue weighted by Gasteiger charge is -2.41. The molecule has 2 aliphatic rings. The number of benzene rings is 2. The Morgan fingerprint density at radius 3 is 2.76 bits per heavy atom. The number of rotatable bonds is 2. The third kappa shape index (κ3) is 2.34. The highest BCUT2D eigenvalue weighted by molar-refractivity contribution is 6.30. The van der Waals surface area contributed by atoms with Gasteiger partial charge < -0.3 is 4.74 Å². The second-order valence-corrected chi connectivity index (χ2v) is 6.81. The Kier molecular flexibility index (Phi) is 3.19. The smallest absolute Gasteiger partial charge is 0.123 e. The van der Waals surface area contributed by atoms with Crippen molar-refractivity contribution in [3.8, 4) is 5.75 Å². The summed E-state index contributed by atoms with van der Waals surface area (Å²) in [4.78, 5) is 0. The van der Waals surface area contributed by atoms with E-state index in [1.54, 1.807) is 0 Å². The molecule has 2 aromatic rings. The van der Waals surface area contributed by atoms with Gasteiger partial charge in [-0.3, -0.25) is 0 Å². The lowest BCUT2D eigenvalue weighted by atomic mass is 9.79. The number of hydrogen-bond acceptors (Lipinski definition) is 1. The lowest BCUT2D eigenvalue weighted by molar-refractivity contribution is 0.0146. The fourth-order valence-corrected chi connectivity index (χ4v) is 4.14. The van der Waals surface area contributed by atoms with Crippen LogP contribution in [-0.2, 0) is 12.8 Å². The van der Waals surface area contributed by atoms with Gasteiger partial charge in [0.05, 0.1) is 0 Å². The summed E-state index contributed by atoms with van der Waals surface area (Å²) in [6.07, 6.45) is 5.86. The van der Waals surface area contributed by atoms with Gasteiger partial charge in [0.25, 0.3) is 0 Å². The van der Waals surface area contributed by atoms with Crippen LogP contribution >= 0.6 is 11.6 Å². The maximum Gasteiger partial charge on any atom is 0.123 e. The van der Waals surface area contributed by atoms with Crippen molar-refractivity contribution in [3.05, 3.63) is 64.7 Å². The summed E-state index contributed by atoms with van der Waals surface area (Å²) in [5.74, 6) is 1.73. The third-order valence-electron chi connectivity index (χ3n) is 5.07. The van der Waals surface area contributed by atoms with Gasteiger partial charge in [0, 0.05) is 17.4 Å². The minimum atomic E-state index is -0.0117. The SMILES string of the molecule is Clc1ccc(C[C@@]23CCC[C@@H]2Cc2ccccc2O3)cc1. The molecule has 1 heterocycles. The number of para-hydroxylation sites is 1. The zero-order chi connectivity index (χ0) is 14.3. The van der Waals surface area contributed by atoms with E-state index >= 15 is 0 Å². The van der Waals surface area contributed by atoms with Crippen molar-refractivity contribution in [2.75, 3.05) is 0 Å². The molecule has 1 fully saturated rings. The number of fused-ring (bicyclic) bond motifs is 2. The van der Waals surface area contributed by atoms with Crippen molar-refractivity contribution in [1.29, 1.82) is 0 Å². The van der Waals surface area contributed by atoms with E-state index in [1.807, 2.05) is 12.1 Å². The van der Waals surface area contributed by atoms with Crippen LogP contribution in [0.4, 0.5) is 0 Å². The fourth-order valence-electron chi connectivity index (χ4n) is 4.01. The second-order valence-electron chi connectivity index (χ2n) is 6.37. The molecule has 2 atom stereocenters. The van der Waals surface area contributed by atoms with Gasteiger partial charge in [0.1, 0.15) is 11.4 Å². The molecule has 21 heavy (non-hydrogen) atoms. The molecule has 0 radical (unpaired) electrons. The molecular weight excluding hydrogens is 280 g/mol. The fraction of sp³-hybridized carbons (Fsp3) is 0.368. The molecule has 0 spiro atoms. The first-order valence-electron chi connectivity index (χ1n) is 7.77. The van der Waals surface area contributed by atoms with Gasteiger partial charge in [0.15, 0.2) is 0 Å². The maximum absolute atomic E-state index is 6.54. The Morgan fingerprint density at radius 2 is 1.90 bits per heavy atom. The normalized spacial score (nSPS) is 26.8. The zero-order valence-electron chi connectivity index (χ0n) is 12.0. The van der Waals surface area contributed by atoms with E-state index in [1.165, 1.54) is 24.0 Å². The van der Waals surface area contributed by atoms with Crippen molar-refractivity contribution >= 4 is 11.6 Å². The van der Waals surface area contributed by atoms with Gasteiger partial charge in [-0.25, -0.2) is 0 Å². The Hall–Kier alpha value is -1.47. The van der Waals surface area contributed by atoms with Crippen molar-refractivity contribution in [1.82, 2.24) is 0 Å². The van der Waals surface area contributed by atoms with Crippen molar-refractivity contribution in [2.45, 2.75) is 37.7 Å². The van der Waals surface area contributed by atoms with Gasteiger partial charge in [-0.2, -0.15) is 0 Å². The molecule has 0 amide bonds. The van der Waals surface area contributed by atoms with E-state index < -0.39 is 0 Å². The number of halogens is 1. The molecule has 0 N–H and O–H groups in total.